The monoisotopic (exact) mass is 248 g/mol. The van der Waals surface area contributed by atoms with Crippen molar-refractivity contribution >= 4 is 5.78 Å². The number of ether oxygens (including phenoxy) is 1. The highest BCUT2D eigenvalue weighted by Gasteiger charge is 2.36. The van der Waals surface area contributed by atoms with Crippen LogP contribution in [0.25, 0.3) is 0 Å². The summed E-state index contributed by atoms with van der Waals surface area (Å²) in [4.78, 5) is 11.2. The lowest BCUT2D eigenvalue weighted by molar-refractivity contribution is -0.138. The van der Waals surface area contributed by atoms with E-state index in [0.29, 0.717) is 6.07 Å². The van der Waals surface area contributed by atoms with Crippen molar-refractivity contribution in [2.75, 3.05) is 6.61 Å². The molecule has 0 aliphatic carbocycles. The van der Waals surface area contributed by atoms with E-state index in [9.17, 15) is 23.1 Å². The Morgan fingerprint density at radius 1 is 1.41 bits per heavy atom. The van der Waals surface area contributed by atoms with Crippen molar-refractivity contribution in [1.82, 2.24) is 0 Å². The van der Waals surface area contributed by atoms with Gasteiger partial charge in [0.2, 0.25) is 0 Å². The van der Waals surface area contributed by atoms with Gasteiger partial charge in [-0.1, -0.05) is 0 Å². The van der Waals surface area contributed by atoms with Crippen LogP contribution in [0, 0.1) is 0 Å². The molecule has 0 spiro atoms. The summed E-state index contributed by atoms with van der Waals surface area (Å²) < 4.78 is 42.4. The van der Waals surface area contributed by atoms with Crippen LogP contribution in [0.2, 0.25) is 0 Å². The Bertz CT molecular complexity index is 438. The van der Waals surface area contributed by atoms with E-state index in [0.717, 1.165) is 6.07 Å². The van der Waals surface area contributed by atoms with Gasteiger partial charge in [0.1, 0.15) is 5.56 Å². The summed E-state index contributed by atoms with van der Waals surface area (Å²) in [5, 5.41) is 9.49. The van der Waals surface area contributed by atoms with Gasteiger partial charge in [-0.15, -0.1) is 0 Å². The molecule has 0 aliphatic heterocycles. The maximum Gasteiger partial charge on any atom is 0.420 e. The third-order valence-corrected chi connectivity index (χ3v) is 2.10. The minimum Gasteiger partial charge on any atom is -0.504 e. The van der Waals surface area contributed by atoms with Crippen LogP contribution in [-0.2, 0) is 6.18 Å². The van der Waals surface area contributed by atoms with E-state index >= 15 is 0 Å². The molecule has 0 saturated carbocycles. The van der Waals surface area contributed by atoms with Crippen molar-refractivity contribution in [3.63, 3.8) is 0 Å². The molecule has 6 heteroatoms. The first-order chi connectivity index (χ1) is 7.79. The van der Waals surface area contributed by atoms with E-state index in [1.54, 1.807) is 6.92 Å². The normalized spacial score (nSPS) is 11.4. The highest BCUT2D eigenvalue weighted by atomic mass is 19.4. The van der Waals surface area contributed by atoms with Gasteiger partial charge >= 0.3 is 6.18 Å². The molecule has 0 radical (unpaired) electrons. The Labute approximate surface area is 95.8 Å². The van der Waals surface area contributed by atoms with E-state index in [-0.39, 0.29) is 12.2 Å². The number of hydrogen-bond acceptors (Lipinski definition) is 3. The molecule has 94 valence electrons. The van der Waals surface area contributed by atoms with Gasteiger partial charge in [-0.3, -0.25) is 4.79 Å². The van der Waals surface area contributed by atoms with Crippen LogP contribution in [0.5, 0.6) is 11.5 Å². The number of carbonyl (C=O) groups is 1. The molecule has 0 atom stereocenters. The summed E-state index contributed by atoms with van der Waals surface area (Å²) in [6.07, 6.45) is -4.69. The van der Waals surface area contributed by atoms with E-state index < -0.39 is 29.0 Å². The Hall–Kier alpha value is -1.72. The van der Waals surface area contributed by atoms with Gasteiger partial charge in [0.05, 0.1) is 12.2 Å². The average Bonchev–Trinajstić information content (AvgIpc) is 2.18. The molecule has 0 bridgehead atoms. The number of alkyl halides is 3. The van der Waals surface area contributed by atoms with E-state index in [2.05, 4.69) is 0 Å². The zero-order valence-corrected chi connectivity index (χ0v) is 9.26. The minimum atomic E-state index is -4.69. The lowest BCUT2D eigenvalue weighted by Gasteiger charge is -2.15. The molecule has 0 unspecified atom stereocenters. The number of phenols is 1. The number of halogens is 3. The first kappa shape index (κ1) is 13.3. The van der Waals surface area contributed by atoms with Crippen LogP contribution < -0.4 is 4.74 Å². The van der Waals surface area contributed by atoms with Gasteiger partial charge < -0.3 is 9.84 Å². The largest absolute Gasteiger partial charge is 0.504 e. The van der Waals surface area contributed by atoms with E-state index in [1.165, 1.54) is 6.92 Å². The fourth-order valence-electron chi connectivity index (χ4n) is 1.37. The van der Waals surface area contributed by atoms with Crippen molar-refractivity contribution in [3.8, 4) is 11.5 Å². The molecule has 0 saturated heterocycles. The number of Topliss-reactive ketones (excluding diaryl/α,β-unsaturated/α-hetero) is 1. The molecule has 0 aromatic heterocycles. The molecule has 3 nitrogen and oxygen atoms in total. The quantitative estimate of drug-likeness (QED) is 0.836. The van der Waals surface area contributed by atoms with Crippen molar-refractivity contribution in [3.05, 3.63) is 23.3 Å². The van der Waals surface area contributed by atoms with Crippen LogP contribution in [0.15, 0.2) is 12.1 Å². The summed E-state index contributed by atoms with van der Waals surface area (Å²) >= 11 is 0. The first-order valence-electron chi connectivity index (χ1n) is 4.86. The van der Waals surface area contributed by atoms with Crippen LogP contribution >= 0.6 is 0 Å². The molecular weight excluding hydrogens is 237 g/mol. The second kappa shape index (κ2) is 4.65. The highest BCUT2D eigenvalue weighted by molar-refractivity contribution is 5.97. The molecule has 0 fully saturated rings. The number of benzene rings is 1. The average molecular weight is 248 g/mol. The lowest BCUT2D eigenvalue weighted by atomic mass is 10.1. The lowest BCUT2D eigenvalue weighted by Crippen LogP contribution is -2.09. The van der Waals surface area contributed by atoms with Crippen molar-refractivity contribution < 1.29 is 27.8 Å². The van der Waals surface area contributed by atoms with E-state index in [1.807, 2.05) is 0 Å². The van der Waals surface area contributed by atoms with Gasteiger partial charge in [-0.25, -0.2) is 0 Å². The second-order valence-electron chi connectivity index (χ2n) is 3.33. The Morgan fingerprint density at radius 3 is 2.41 bits per heavy atom. The molecule has 0 aliphatic rings. The fourth-order valence-corrected chi connectivity index (χ4v) is 1.37. The summed E-state index contributed by atoms with van der Waals surface area (Å²) in [5.74, 6) is -1.95. The number of carbonyl (C=O) groups excluding carboxylic acids is 1. The Balaban J connectivity index is 3.43. The standard InChI is InChI=1S/C11H11F3O3/c1-3-17-10-7(6(2)15)4-5-8(9(10)16)11(12,13)14/h4-5,16H,3H2,1-2H3. The topological polar surface area (TPSA) is 46.5 Å². The van der Waals surface area contributed by atoms with Gasteiger partial charge in [0, 0.05) is 0 Å². The molecule has 17 heavy (non-hydrogen) atoms. The van der Waals surface area contributed by atoms with Crippen LogP contribution in [0.3, 0.4) is 0 Å². The SMILES string of the molecule is CCOc1c(C(C)=O)ccc(C(F)(F)F)c1O. The zero-order chi connectivity index (χ0) is 13.2. The molecule has 0 heterocycles. The third kappa shape index (κ3) is 2.69. The maximum atomic E-state index is 12.5. The van der Waals surface area contributed by atoms with Crippen molar-refractivity contribution in [2.24, 2.45) is 0 Å². The zero-order valence-electron chi connectivity index (χ0n) is 9.26. The maximum absolute atomic E-state index is 12.5. The fraction of sp³-hybridized carbons (Fsp3) is 0.364. The van der Waals surface area contributed by atoms with Crippen molar-refractivity contribution in [2.45, 2.75) is 20.0 Å². The van der Waals surface area contributed by atoms with Gasteiger partial charge in [0.25, 0.3) is 0 Å². The molecule has 0 amide bonds. The van der Waals surface area contributed by atoms with Crippen LogP contribution in [-0.4, -0.2) is 17.5 Å². The highest BCUT2D eigenvalue weighted by Crippen LogP contribution is 2.42. The van der Waals surface area contributed by atoms with Crippen LogP contribution in [0.1, 0.15) is 29.8 Å². The number of ketones is 1. The number of aromatic hydroxyl groups is 1. The third-order valence-electron chi connectivity index (χ3n) is 2.10. The number of phenolic OH excluding ortho intramolecular Hbond substituents is 1. The first-order valence-corrected chi connectivity index (χ1v) is 4.86. The molecule has 1 N–H and O–H groups in total. The minimum absolute atomic E-state index is 0.0507. The predicted molar refractivity (Wildman–Crippen MR) is 54.3 cm³/mol. The van der Waals surface area contributed by atoms with Gasteiger partial charge in [-0.05, 0) is 26.0 Å². The smallest absolute Gasteiger partial charge is 0.420 e. The summed E-state index contributed by atoms with van der Waals surface area (Å²) in [5.41, 5.74) is -1.29. The number of hydrogen-bond donors (Lipinski definition) is 1. The summed E-state index contributed by atoms with van der Waals surface area (Å²) in [6, 6.07) is 1.66. The van der Waals surface area contributed by atoms with E-state index in [4.69, 9.17) is 4.74 Å². The predicted octanol–water partition coefficient (Wildman–Crippen LogP) is 3.01. The Kier molecular flexibility index (Phi) is 3.65. The van der Waals surface area contributed by atoms with Gasteiger partial charge in [-0.2, -0.15) is 13.2 Å². The summed E-state index contributed by atoms with van der Waals surface area (Å²) in [7, 11) is 0. The molecule has 1 rings (SSSR count). The summed E-state index contributed by atoms with van der Waals surface area (Å²) in [6.45, 7) is 2.78. The van der Waals surface area contributed by atoms with Crippen LogP contribution in [0.4, 0.5) is 13.2 Å². The molecule has 1 aromatic rings. The number of rotatable bonds is 3. The van der Waals surface area contributed by atoms with Crippen molar-refractivity contribution in [1.29, 1.82) is 0 Å². The van der Waals surface area contributed by atoms with Gasteiger partial charge in [0.15, 0.2) is 17.3 Å². The second-order valence-corrected chi connectivity index (χ2v) is 3.33. The molecule has 1 aromatic carbocycles. The Morgan fingerprint density at radius 2 is 2.00 bits per heavy atom. The molecular formula is C11H11F3O3.